The molecule has 0 saturated carbocycles. The van der Waals surface area contributed by atoms with E-state index in [1.165, 1.54) is 0 Å². The smallest absolute Gasteiger partial charge is 0.135 e. The van der Waals surface area contributed by atoms with Gasteiger partial charge in [0, 0.05) is 10.6 Å². The van der Waals surface area contributed by atoms with Gasteiger partial charge in [-0.15, -0.1) is 0 Å². The third kappa shape index (κ3) is 5.09. The van der Waals surface area contributed by atoms with Gasteiger partial charge in [-0.1, -0.05) is 135 Å². The fourth-order valence-corrected chi connectivity index (χ4v) is 10.2. The van der Waals surface area contributed by atoms with Crippen LogP contribution >= 0.6 is 15.8 Å². The van der Waals surface area contributed by atoms with Gasteiger partial charge in [0.2, 0.25) is 0 Å². The monoisotopic (exact) mass is 538 g/mol. The van der Waals surface area contributed by atoms with E-state index < -0.39 is 15.8 Å². The summed E-state index contributed by atoms with van der Waals surface area (Å²) in [7, 11) is -2.56. The molecule has 0 saturated heterocycles. The molecule has 0 atom stereocenters. The van der Waals surface area contributed by atoms with Gasteiger partial charge >= 0.3 is 0 Å². The Kier molecular flexibility index (Phi) is 8.43. The molecule has 0 heterocycles. The van der Waals surface area contributed by atoms with E-state index in [9.17, 15) is 0 Å². The zero-order valence-corrected chi connectivity index (χ0v) is 23.4. The Morgan fingerprint density at radius 1 is 0.421 bits per heavy atom. The number of hydrogen-bond acceptors (Lipinski definition) is 0. The zero-order chi connectivity index (χ0) is 26.5. The van der Waals surface area contributed by atoms with Crippen LogP contribution in [0.4, 0.5) is 8.78 Å². The van der Waals surface area contributed by atoms with E-state index in [2.05, 4.69) is 0 Å². The molecule has 0 bridgehead atoms. The first-order chi connectivity index (χ1) is 18.7. The van der Waals surface area contributed by atoms with Gasteiger partial charge in [0.15, 0.2) is 0 Å². The van der Waals surface area contributed by atoms with Crippen molar-refractivity contribution in [2.75, 3.05) is 0 Å². The fraction of sp³-hybridized carbons (Fsp3) is 0.118. The summed E-state index contributed by atoms with van der Waals surface area (Å²) in [4.78, 5) is 0. The normalized spacial score (nSPS) is 11.3. The Bertz CT molecular complexity index is 1290. The average Bonchev–Trinajstić information content (AvgIpc) is 2.98. The molecule has 0 aliphatic rings. The van der Waals surface area contributed by atoms with Crippen LogP contribution in [0, 0.1) is 11.6 Å². The highest BCUT2D eigenvalue weighted by Crippen LogP contribution is 2.41. The first-order valence-corrected chi connectivity index (χ1v) is 15.7. The number of rotatable bonds is 8. The van der Waals surface area contributed by atoms with Crippen molar-refractivity contribution in [2.24, 2.45) is 0 Å². The number of benzene rings is 5. The molecule has 4 heteroatoms. The summed E-state index contributed by atoms with van der Waals surface area (Å²) in [5, 5.41) is 5.12. The van der Waals surface area contributed by atoms with Crippen LogP contribution in [0.25, 0.3) is 0 Å². The van der Waals surface area contributed by atoms with E-state index in [0.717, 1.165) is 21.2 Å². The van der Waals surface area contributed by atoms with Crippen LogP contribution in [0.1, 0.15) is 25.0 Å². The minimum Gasteiger partial charge on any atom is -0.206 e. The molecule has 38 heavy (non-hydrogen) atoms. The third-order valence-corrected chi connectivity index (χ3v) is 11.8. The van der Waals surface area contributed by atoms with Crippen LogP contribution in [0.15, 0.2) is 121 Å². The van der Waals surface area contributed by atoms with Gasteiger partial charge in [-0.2, -0.15) is 0 Å². The number of halogens is 2. The highest BCUT2D eigenvalue weighted by Gasteiger charge is 2.33. The zero-order valence-electron chi connectivity index (χ0n) is 21.6. The maximum Gasteiger partial charge on any atom is 0.135 e. The molecule has 5 aromatic rings. The number of hydrogen-bond donors (Lipinski definition) is 0. The van der Waals surface area contributed by atoms with Crippen molar-refractivity contribution in [1.29, 1.82) is 0 Å². The molecular weight excluding hydrogens is 508 g/mol. The molecule has 0 aliphatic carbocycles. The second-order valence-electron chi connectivity index (χ2n) is 9.00. The molecule has 5 rings (SSSR count). The SMILES string of the molecule is CCc1c(F)c(P(c2ccccc2)c2ccccc2)c(CC)c(F)c1P(c1ccccc1)c1ccccc1. The Morgan fingerprint density at radius 2 is 0.658 bits per heavy atom. The lowest BCUT2D eigenvalue weighted by molar-refractivity contribution is 0.592. The van der Waals surface area contributed by atoms with Crippen LogP contribution in [-0.2, 0) is 12.8 Å². The summed E-state index contributed by atoms with van der Waals surface area (Å²) in [6.45, 7) is 3.88. The van der Waals surface area contributed by atoms with Crippen LogP contribution in [0.5, 0.6) is 0 Å². The molecular formula is C34H30F2P2. The van der Waals surface area contributed by atoms with Crippen LogP contribution in [0.2, 0.25) is 0 Å². The van der Waals surface area contributed by atoms with Gasteiger partial charge in [-0.05, 0) is 61.0 Å². The Morgan fingerprint density at radius 3 is 0.868 bits per heavy atom. The second kappa shape index (κ2) is 12.1. The van der Waals surface area contributed by atoms with Gasteiger partial charge in [-0.3, -0.25) is 0 Å². The van der Waals surface area contributed by atoms with Gasteiger partial charge in [0.05, 0.1) is 0 Å². The third-order valence-electron chi connectivity index (χ3n) is 6.73. The molecule has 190 valence electrons. The van der Waals surface area contributed by atoms with E-state index in [0.29, 0.717) is 34.6 Å². The Labute approximate surface area is 226 Å². The summed E-state index contributed by atoms with van der Waals surface area (Å²) >= 11 is 0. The summed E-state index contributed by atoms with van der Waals surface area (Å²) in [6, 6.07) is 40.0. The van der Waals surface area contributed by atoms with Crippen molar-refractivity contribution in [3.63, 3.8) is 0 Å². The van der Waals surface area contributed by atoms with Crippen molar-refractivity contribution < 1.29 is 8.78 Å². The topological polar surface area (TPSA) is 0 Å². The molecule has 0 amide bonds. The largest absolute Gasteiger partial charge is 0.206 e. The molecule has 5 aromatic carbocycles. The second-order valence-corrected chi connectivity index (χ2v) is 13.3. The predicted octanol–water partition coefficient (Wildman–Crippen LogP) is 6.61. The van der Waals surface area contributed by atoms with Gasteiger partial charge < -0.3 is 0 Å². The first-order valence-electron chi connectivity index (χ1n) is 13.0. The van der Waals surface area contributed by atoms with E-state index in [1.807, 2.05) is 135 Å². The molecule has 0 nitrogen and oxygen atoms in total. The van der Waals surface area contributed by atoms with Crippen molar-refractivity contribution in [3.8, 4) is 0 Å². The molecule has 0 aromatic heterocycles. The summed E-state index contributed by atoms with van der Waals surface area (Å²) in [6.07, 6.45) is 0.834. The van der Waals surface area contributed by atoms with E-state index in [4.69, 9.17) is 0 Å². The van der Waals surface area contributed by atoms with E-state index >= 15 is 8.78 Å². The molecule has 0 spiro atoms. The Hall–Kier alpha value is -3.18. The molecule has 0 aliphatic heterocycles. The Balaban J connectivity index is 1.84. The quantitative estimate of drug-likeness (QED) is 0.195. The lowest BCUT2D eigenvalue weighted by atomic mass is 10.1. The summed E-state index contributed by atoms with van der Waals surface area (Å²) in [5.74, 6) is -0.502. The van der Waals surface area contributed by atoms with Gasteiger partial charge in [0.25, 0.3) is 0 Å². The molecule has 0 radical (unpaired) electrons. The standard InChI is InChI=1S/C34H30F2P2/c1-3-29-31(35)34(38(27-21-13-7-14-22-27)28-23-15-8-16-24-28)30(4-2)32(36)33(29)37(25-17-9-5-10-18-25)26-19-11-6-12-20-26/h5-24H,3-4H2,1-2H3. The highest BCUT2D eigenvalue weighted by molar-refractivity contribution is 7.80. The predicted molar refractivity (Wildman–Crippen MR) is 163 cm³/mol. The van der Waals surface area contributed by atoms with Crippen LogP contribution in [-0.4, -0.2) is 0 Å². The molecule has 0 fully saturated rings. The maximum atomic E-state index is 17.0. The molecule has 0 N–H and O–H groups in total. The average molecular weight is 539 g/mol. The minimum absolute atomic E-state index is 0.251. The minimum atomic E-state index is -1.28. The van der Waals surface area contributed by atoms with E-state index in [1.54, 1.807) is 0 Å². The lowest BCUT2D eigenvalue weighted by Crippen LogP contribution is -2.35. The highest BCUT2D eigenvalue weighted by atomic mass is 31.1. The van der Waals surface area contributed by atoms with Crippen molar-refractivity contribution in [3.05, 3.63) is 144 Å². The van der Waals surface area contributed by atoms with Crippen molar-refractivity contribution in [2.45, 2.75) is 26.7 Å². The molecule has 0 unspecified atom stereocenters. The van der Waals surface area contributed by atoms with Crippen molar-refractivity contribution >= 4 is 47.7 Å². The van der Waals surface area contributed by atoms with Crippen LogP contribution in [0.3, 0.4) is 0 Å². The van der Waals surface area contributed by atoms with Crippen LogP contribution < -0.4 is 31.8 Å². The summed E-state index contributed by atoms with van der Waals surface area (Å²) in [5.41, 5.74) is 0.987. The lowest BCUT2D eigenvalue weighted by Gasteiger charge is -2.29. The van der Waals surface area contributed by atoms with Gasteiger partial charge in [0.1, 0.15) is 11.6 Å². The van der Waals surface area contributed by atoms with Gasteiger partial charge in [-0.25, -0.2) is 8.78 Å². The first kappa shape index (κ1) is 26.4. The maximum absolute atomic E-state index is 17.0. The van der Waals surface area contributed by atoms with E-state index in [-0.39, 0.29) is 11.6 Å². The summed E-state index contributed by atoms with van der Waals surface area (Å²) < 4.78 is 34.1. The van der Waals surface area contributed by atoms with Crippen molar-refractivity contribution in [1.82, 2.24) is 0 Å². The fourth-order valence-electron chi connectivity index (χ4n) is 4.99.